The van der Waals surface area contributed by atoms with Crippen molar-refractivity contribution < 1.29 is 23.9 Å². The summed E-state index contributed by atoms with van der Waals surface area (Å²) >= 11 is 6.01. The largest absolute Gasteiger partial charge is 0.490 e. The van der Waals surface area contributed by atoms with Gasteiger partial charge in [-0.3, -0.25) is 14.4 Å². The Balaban J connectivity index is 1.24. The second-order valence-corrected chi connectivity index (χ2v) is 10.9. The minimum atomic E-state index is -0.333. The third-order valence-electron chi connectivity index (χ3n) is 7.74. The fraction of sp³-hybridized carbons (Fsp3) is 0.483. The van der Waals surface area contributed by atoms with E-state index in [2.05, 4.69) is 10.6 Å². The zero-order valence-electron chi connectivity index (χ0n) is 21.6. The predicted octanol–water partition coefficient (Wildman–Crippen LogP) is 4.81. The minimum absolute atomic E-state index is 0.0363. The Bertz CT molecular complexity index is 1200. The first kappa shape index (κ1) is 26.5. The average molecular weight is 540 g/mol. The van der Waals surface area contributed by atoms with Crippen molar-refractivity contribution in [2.24, 2.45) is 0 Å². The molecule has 1 saturated heterocycles. The van der Waals surface area contributed by atoms with Crippen molar-refractivity contribution in [2.45, 2.75) is 75.7 Å². The van der Waals surface area contributed by atoms with Gasteiger partial charge in [-0.05, 0) is 62.1 Å². The first-order valence-corrected chi connectivity index (χ1v) is 13.8. The molecule has 38 heavy (non-hydrogen) atoms. The molecule has 0 unspecified atom stereocenters. The van der Waals surface area contributed by atoms with Gasteiger partial charge in [0.1, 0.15) is 18.5 Å². The number of carbonyl (C=O) groups excluding carboxylic acids is 3. The second-order valence-electron chi connectivity index (χ2n) is 10.5. The molecular weight excluding hydrogens is 506 g/mol. The highest BCUT2D eigenvalue weighted by molar-refractivity contribution is 6.31. The summed E-state index contributed by atoms with van der Waals surface area (Å²) in [6.07, 6.45) is 6.89. The maximum absolute atomic E-state index is 13.5. The topological polar surface area (TPSA) is 97.0 Å². The molecule has 2 N–H and O–H groups in total. The van der Waals surface area contributed by atoms with Crippen LogP contribution >= 0.6 is 11.6 Å². The number of rotatable bonds is 5. The van der Waals surface area contributed by atoms with Crippen molar-refractivity contribution in [1.29, 1.82) is 0 Å². The van der Waals surface area contributed by atoms with Crippen LogP contribution in [0.15, 0.2) is 42.5 Å². The van der Waals surface area contributed by atoms with Crippen molar-refractivity contribution in [1.82, 2.24) is 10.2 Å². The van der Waals surface area contributed by atoms with Crippen LogP contribution in [0.25, 0.3) is 0 Å². The number of anilines is 1. The summed E-state index contributed by atoms with van der Waals surface area (Å²) in [5, 5.41) is 6.47. The van der Waals surface area contributed by atoms with Crippen molar-refractivity contribution in [3.05, 3.63) is 58.6 Å². The van der Waals surface area contributed by atoms with Crippen LogP contribution in [0.5, 0.6) is 5.75 Å². The number of carbonyl (C=O) groups is 3. The smallest absolute Gasteiger partial charge is 0.257 e. The van der Waals surface area contributed by atoms with Gasteiger partial charge in [0.05, 0.1) is 24.1 Å². The molecule has 0 aromatic heterocycles. The summed E-state index contributed by atoms with van der Waals surface area (Å²) in [7, 11) is 1.77. The first-order valence-electron chi connectivity index (χ1n) is 13.4. The molecule has 3 atom stereocenters. The summed E-state index contributed by atoms with van der Waals surface area (Å²) < 4.78 is 12.4. The number of benzene rings is 2. The quantitative estimate of drug-likeness (QED) is 0.568. The molecule has 2 aromatic rings. The summed E-state index contributed by atoms with van der Waals surface area (Å²) in [6, 6.07) is 11.8. The van der Waals surface area contributed by atoms with Crippen LogP contribution in [0.2, 0.25) is 5.02 Å². The highest BCUT2D eigenvalue weighted by Crippen LogP contribution is 2.33. The molecule has 0 bridgehead atoms. The monoisotopic (exact) mass is 539 g/mol. The van der Waals surface area contributed by atoms with E-state index in [1.165, 1.54) is 19.3 Å². The predicted molar refractivity (Wildman–Crippen MR) is 145 cm³/mol. The molecule has 1 aliphatic carbocycles. The third-order valence-corrected chi connectivity index (χ3v) is 7.97. The Morgan fingerprint density at radius 1 is 1.05 bits per heavy atom. The molecule has 2 fully saturated rings. The first-order chi connectivity index (χ1) is 18.4. The molecule has 2 aromatic carbocycles. The lowest BCUT2D eigenvalue weighted by Crippen LogP contribution is -2.54. The Morgan fingerprint density at radius 3 is 2.66 bits per heavy atom. The number of nitrogens with zero attached hydrogens (tertiary/aromatic N) is 1. The Kier molecular flexibility index (Phi) is 8.19. The highest BCUT2D eigenvalue weighted by atomic mass is 35.5. The van der Waals surface area contributed by atoms with E-state index < -0.39 is 0 Å². The van der Waals surface area contributed by atoms with Crippen LogP contribution < -0.4 is 15.4 Å². The number of fused-ring (bicyclic) bond motifs is 2. The van der Waals surface area contributed by atoms with E-state index in [9.17, 15) is 14.4 Å². The summed E-state index contributed by atoms with van der Waals surface area (Å²) in [5.41, 5.74) is 1.29. The Morgan fingerprint density at radius 2 is 1.87 bits per heavy atom. The van der Waals surface area contributed by atoms with E-state index in [1.807, 2.05) is 0 Å². The van der Waals surface area contributed by atoms with Crippen LogP contribution in [-0.2, 0) is 9.53 Å². The van der Waals surface area contributed by atoms with Crippen molar-refractivity contribution in [3.63, 3.8) is 0 Å². The van der Waals surface area contributed by atoms with E-state index in [1.54, 1.807) is 54.4 Å². The maximum Gasteiger partial charge on any atom is 0.257 e. The molecule has 0 spiro atoms. The standard InChI is InChI=1S/C29H34ClN3O5/c1-33-24-12-11-22(16-27(34)31-20-8-3-2-4-9-20)38-26(24)17-37-25-13-10-21(15-23(25)29(33)36)32-28(35)18-6-5-7-19(30)14-18/h5-7,10,13-15,20,22,24,26H,2-4,8-9,11-12,16-17H2,1H3,(H,31,34)(H,32,35)/t22-,24-,26+/m0/s1. The molecule has 3 amide bonds. The third kappa shape index (κ3) is 6.13. The van der Waals surface area contributed by atoms with Crippen LogP contribution in [-0.4, -0.2) is 60.6 Å². The van der Waals surface area contributed by atoms with Gasteiger partial charge in [-0.15, -0.1) is 0 Å². The molecule has 0 radical (unpaired) electrons. The van der Waals surface area contributed by atoms with Gasteiger partial charge in [-0.1, -0.05) is 36.9 Å². The number of ether oxygens (including phenoxy) is 2. The van der Waals surface area contributed by atoms with Crippen LogP contribution in [0.4, 0.5) is 5.69 Å². The minimum Gasteiger partial charge on any atom is -0.490 e. The molecule has 2 heterocycles. The van der Waals surface area contributed by atoms with Gasteiger partial charge < -0.3 is 25.0 Å². The molecule has 202 valence electrons. The molecule has 5 rings (SSSR count). The van der Waals surface area contributed by atoms with Crippen molar-refractivity contribution in [2.75, 3.05) is 19.0 Å². The number of hydrogen-bond donors (Lipinski definition) is 2. The molecule has 8 nitrogen and oxygen atoms in total. The highest BCUT2D eigenvalue weighted by Gasteiger charge is 2.39. The molecular formula is C29H34ClN3O5. The van der Waals surface area contributed by atoms with E-state index in [0.717, 1.165) is 19.3 Å². The van der Waals surface area contributed by atoms with Gasteiger partial charge in [0.15, 0.2) is 0 Å². The molecule has 1 saturated carbocycles. The SMILES string of the molecule is CN1C(=O)c2cc(NC(=O)c3cccc(Cl)c3)ccc2OC[C@H]2O[C@H](CC(=O)NC3CCCCC3)CC[C@@H]21. The van der Waals surface area contributed by atoms with Gasteiger partial charge in [-0.25, -0.2) is 0 Å². The summed E-state index contributed by atoms with van der Waals surface area (Å²) in [4.78, 5) is 40.5. The molecule has 9 heteroatoms. The van der Waals surface area contributed by atoms with E-state index >= 15 is 0 Å². The molecule has 2 aliphatic heterocycles. The fourth-order valence-corrected chi connectivity index (χ4v) is 5.87. The molecule has 3 aliphatic rings. The van der Waals surface area contributed by atoms with Crippen molar-refractivity contribution >= 4 is 35.0 Å². The van der Waals surface area contributed by atoms with E-state index in [-0.39, 0.29) is 48.6 Å². The number of halogens is 1. The second kappa shape index (κ2) is 11.7. The average Bonchev–Trinajstić information content (AvgIpc) is 2.91. The van der Waals surface area contributed by atoms with Gasteiger partial charge in [0, 0.05) is 29.4 Å². The number of likely N-dealkylation sites (N-methyl/N-ethyl adjacent to an activating group) is 1. The Labute approximate surface area is 228 Å². The van der Waals surface area contributed by atoms with Gasteiger partial charge >= 0.3 is 0 Å². The zero-order valence-corrected chi connectivity index (χ0v) is 22.3. The zero-order chi connectivity index (χ0) is 26.6. The van der Waals surface area contributed by atoms with E-state index in [4.69, 9.17) is 21.1 Å². The van der Waals surface area contributed by atoms with Crippen LogP contribution in [0.1, 0.15) is 72.1 Å². The maximum atomic E-state index is 13.5. The lowest BCUT2D eigenvalue weighted by Gasteiger charge is -2.42. The van der Waals surface area contributed by atoms with Crippen LogP contribution in [0.3, 0.4) is 0 Å². The summed E-state index contributed by atoms with van der Waals surface area (Å²) in [5.74, 6) is -0.0546. The lowest BCUT2D eigenvalue weighted by atomic mass is 9.93. The lowest BCUT2D eigenvalue weighted by molar-refractivity contribution is -0.134. The Hall–Kier alpha value is -3.10. The van der Waals surface area contributed by atoms with Gasteiger partial charge in [0.25, 0.3) is 11.8 Å². The fourth-order valence-electron chi connectivity index (χ4n) is 5.68. The van der Waals surface area contributed by atoms with Gasteiger partial charge in [-0.2, -0.15) is 0 Å². The summed E-state index contributed by atoms with van der Waals surface area (Å²) in [6.45, 7) is 0.268. The number of hydrogen-bond acceptors (Lipinski definition) is 5. The number of nitrogens with one attached hydrogen (secondary N) is 2. The van der Waals surface area contributed by atoms with Crippen LogP contribution in [0, 0.1) is 0 Å². The number of amides is 3. The van der Waals surface area contributed by atoms with E-state index in [0.29, 0.717) is 40.4 Å². The van der Waals surface area contributed by atoms with Gasteiger partial charge in [0.2, 0.25) is 5.91 Å². The van der Waals surface area contributed by atoms with Crippen molar-refractivity contribution in [3.8, 4) is 5.75 Å². The normalized spacial score (nSPS) is 23.8.